The van der Waals surface area contributed by atoms with E-state index in [-0.39, 0.29) is 6.04 Å². The average molecular weight is 280 g/mol. The van der Waals surface area contributed by atoms with E-state index in [1.54, 1.807) is 6.20 Å². The highest BCUT2D eigenvalue weighted by molar-refractivity contribution is 6.05. The fraction of sp³-hybridized carbons (Fsp3) is 0.176. The summed E-state index contributed by atoms with van der Waals surface area (Å²) in [6.07, 6.45) is 1.75. The lowest BCUT2D eigenvalue weighted by atomic mass is 10.1. The molecule has 0 aliphatic carbocycles. The van der Waals surface area contributed by atoms with Gasteiger partial charge < -0.3 is 9.67 Å². The molecule has 2 heterocycles. The normalized spacial score (nSPS) is 12.5. The second-order valence-electron chi connectivity index (χ2n) is 5.08. The number of hydrogen-bond acceptors (Lipinski definition) is 2. The van der Waals surface area contributed by atoms with Crippen LogP contribution in [0.15, 0.2) is 48.7 Å². The first-order valence-electron chi connectivity index (χ1n) is 6.85. The molecule has 0 saturated carbocycles. The van der Waals surface area contributed by atoms with Gasteiger partial charge in [0.2, 0.25) is 0 Å². The predicted molar refractivity (Wildman–Crippen MR) is 81.7 cm³/mol. The van der Waals surface area contributed by atoms with Crippen molar-refractivity contribution in [1.82, 2.24) is 9.55 Å². The van der Waals surface area contributed by atoms with Crippen molar-refractivity contribution in [3.05, 3.63) is 65.6 Å². The molecule has 4 nitrogen and oxygen atoms in total. The van der Waals surface area contributed by atoms with Gasteiger partial charge in [-0.05, 0) is 32.0 Å². The molecule has 0 amide bonds. The van der Waals surface area contributed by atoms with Gasteiger partial charge in [-0.2, -0.15) is 0 Å². The number of carboxylic acid groups (broad SMARTS) is 1. The first-order chi connectivity index (χ1) is 10.1. The van der Waals surface area contributed by atoms with Crippen LogP contribution < -0.4 is 0 Å². The lowest BCUT2D eigenvalue weighted by molar-refractivity contribution is 0.0698. The Balaban J connectivity index is 2.28. The fourth-order valence-corrected chi connectivity index (χ4v) is 2.92. The SMILES string of the molecule is Cc1c(C(=O)O)c2ccccc2n1C(C)c1ccccn1. The molecule has 2 aromatic heterocycles. The number of fused-ring (bicyclic) bond motifs is 1. The van der Waals surface area contributed by atoms with Gasteiger partial charge in [0.1, 0.15) is 0 Å². The quantitative estimate of drug-likeness (QED) is 0.796. The average Bonchev–Trinajstić information content (AvgIpc) is 2.79. The van der Waals surface area contributed by atoms with Crippen LogP contribution in [0.4, 0.5) is 0 Å². The van der Waals surface area contributed by atoms with Crippen molar-refractivity contribution in [2.75, 3.05) is 0 Å². The van der Waals surface area contributed by atoms with Gasteiger partial charge in [-0.15, -0.1) is 0 Å². The Kier molecular flexibility index (Phi) is 3.22. The molecule has 1 unspecified atom stereocenters. The molecule has 0 fully saturated rings. The van der Waals surface area contributed by atoms with Crippen molar-refractivity contribution in [3.8, 4) is 0 Å². The molecule has 0 aliphatic heterocycles. The molecule has 1 N–H and O–H groups in total. The number of nitrogens with zero attached hydrogens (tertiary/aromatic N) is 2. The predicted octanol–water partition coefficient (Wildman–Crippen LogP) is 3.65. The van der Waals surface area contributed by atoms with Crippen LogP contribution in [-0.2, 0) is 0 Å². The summed E-state index contributed by atoms with van der Waals surface area (Å²) in [4.78, 5) is 16.0. The number of carboxylic acids is 1. The van der Waals surface area contributed by atoms with Gasteiger partial charge >= 0.3 is 5.97 Å². The Bertz CT molecular complexity index is 806. The topological polar surface area (TPSA) is 55.1 Å². The van der Waals surface area contributed by atoms with Crippen molar-refractivity contribution in [2.24, 2.45) is 0 Å². The number of aromatic carboxylic acids is 1. The van der Waals surface area contributed by atoms with E-state index in [1.807, 2.05) is 60.9 Å². The van der Waals surface area contributed by atoms with E-state index >= 15 is 0 Å². The highest BCUT2D eigenvalue weighted by Gasteiger charge is 2.22. The number of carbonyl (C=O) groups is 1. The first-order valence-corrected chi connectivity index (χ1v) is 6.85. The minimum atomic E-state index is -0.893. The van der Waals surface area contributed by atoms with E-state index in [4.69, 9.17) is 0 Å². The van der Waals surface area contributed by atoms with Gasteiger partial charge in [0.15, 0.2) is 0 Å². The number of aromatic nitrogens is 2. The van der Waals surface area contributed by atoms with Crippen LogP contribution in [0.3, 0.4) is 0 Å². The van der Waals surface area contributed by atoms with Gasteiger partial charge in [0, 0.05) is 22.8 Å². The van der Waals surface area contributed by atoms with Crippen LogP contribution >= 0.6 is 0 Å². The Morgan fingerprint density at radius 3 is 2.57 bits per heavy atom. The molecule has 106 valence electrons. The molecule has 0 aliphatic rings. The van der Waals surface area contributed by atoms with Crippen molar-refractivity contribution >= 4 is 16.9 Å². The summed E-state index contributed by atoms with van der Waals surface area (Å²) in [5.41, 5.74) is 2.96. The zero-order valence-corrected chi connectivity index (χ0v) is 11.9. The summed E-state index contributed by atoms with van der Waals surface area (Å²) in [7, 11) is 0. The molecular weight excluding hydrogens is 264 g/mol. The van der Waals surface area contributed by atoms with E-state index in [0.29, 0.717) is 5.56 Å². The third-order valence-corrected chi connectivity index (χ3v) is 3.87. The second-order valence-corrected chi connectivity index (χ2v) is 5.08. The van der Waals surface area contributed by atoms with E-state index in [1.165, 1.54) is 0 Å². The van der Waals surface area contributed by atoms with Gasteiger partial charge in [0.25, 0.3) is 0 Å². The highest BCUT2D eigenvalue weighted by Crippen LogP contribution is 2.31. The maximum absolute atomic E-state index is 11.6. The number of para-hydroxylation sites is 1. The molecule has 0 radical (unpaired) electrons. The molecule has 3 rings (SSSR count). The van der Waals surface area contributed by atoms with Crippen LogP contribution in [0.5, 0.6) is 0 Å². The van der Waals surface area contributed by atoms with Crippen molar-refractivity contribution in [3.63, 3.8) is 0 Å². The zero-order valence-electron chi connectivity index (χ0n) is 11.9. The highest BCUT2D eigenvalue weighted by atomic mass is 16.4. The Labute approximate surface area is 122 Å². The van der Waals surface area contributed by atoms with Crippen LogP contribution in [0.1, 0.15) is 34.7 Å². The molecule has 21 heavy (non-hydrogen) atoms. The van der Waals surface area contributed by atoms with E-state index in [9.17, 15) is 9.90 Å². The van der Waals surface area contributed by atoms with Crippen LogP contribution in [-0.4, -0.2) is 20.6 Å². The fourth-order valence-electron chi connectivity index (χ4n) is 2.92. The largest absolute Gasteiger partial charge is 0.478 e. The summed E-state index contributed by atoms with van der Waals surface area (Å²) in [5, 5.41) is 10.3. The van der Waals surface area contributed by atoms with Crippen molar-refractivity contribution in [1.29, 1.82) is 0 Å². The lowest BCUT2D eigenvalue weighted by Crippen LogP contribution is -2.11. The molecule has 1 atom stereocenters. The zero-order chi connectivity index (χ0) is 15.0. The second kappa shape index (κ2) is 5.05. The molecule has 4 heteroatoms. The van der Waals surface area contributed by atoms with Crippen molar-refractivity contribution in [2.45, 2.75) is 19.9 Å². The monoisotopic (exact) mass is 280 g/mol. The van der Waals surface area contributed by atoms with Gasteiger partial charge in [-0.1, -0.05) is 24.3 Å². The van der Waals surface area contributed by atoms with Gasteiger partial charge in [-0.25, -0.2) is 4.79 Å². The number of hydrogen-bond donors (Lipinski definition) is 1. The maximum Gasteiger partial charge on any atom is 0.338 e. The van der Waals surface area contributed by atoms with Crippen molar-refractivity contribution < 1.29 is 9.90 Å². The summed E-state index contributed by atoms with van der Waals surface area (Å²) >= 11 is 0. The summed E-state index contributed by atoms with van der Waals surface area (Å²) in [6, 6.07) is 13.3. The number of rotatable bonds is 3. The van der Waals surface area contributed by atoms with Crippen LogP contribution in [0.25, 0.3) is 10.9 Å². The molecule has 1 aromatic carbocycles. The Hall–Kier alpha value is -2.62. The molecule has 3 aromatic rings. The minimum Gasteiger partial charge on any atom is -0.478 e. The van der Waals surface area contributed by atoms with Gasteiger partial charge in [-0.3, -0.25) is 4.98 Å². The number of pyridine rings is 1. The molecule has 0 spiro atoms. The minimum absolute atomic E-state index is 0.0239. The summed E-state index contributed by atoms with van der Waals surface area (Å²) in [6.45, 7) is 3.89. The smallest absolute Gasteiger partial charge is 0.338 e. The van der Waals surface area contributed by atoms with E-state index in [2.05, 4.69) is 4.98 Å². The summed E-state index contributed by atoms with van der Waals surface area (Å²) in [5.74, 6) is -0.893. The molecule has 0 bridgehead atoms. The Morgan fingerprint density at radius 2 is 1.90 bits per heavy atom. The third kappa shape index (κ3) is 2.09. The first kappa shape index (κ1) is 13.4. The molecular formula is C17H16N2O2. The maximum atomic E-state index is 11.6. The molecule has 0 saturated heterocycles. The van der Waals surface area contributed by atoms with E-state index in [0.717, 1.165) is 22.3 Å². The lowest BCUT2D eigenvalue weighted by Gasteiger charge is -2.17. The standard InChI is InChI=1S/C17H16N2O2/c1-11(14-8-5-6-10-18-14)19-12(2)16(17(20)21)13-7-3-4-9-15(13)19/h3-11H,1-2H3,(H,20,21). The number of benzene rings is 1. The van der Waals surface area contributed by atoms with E-state index < -0.39 is 5.97 Å². The van der Waals surface area contributed by atoms with Crippen LogP contribution in [0, 0.1) is 6.92 Å². The Morgan fingerprint density at radius 1 is 1.19 bits per heavy atom. The summed E-state index contributed by atoms with van der Waals surface area (Å²) < 4.78 is 2.04. The van der Waals surface area contributed by atoms with Crippen LogP contribution in [0.2, 0.25) is 0 Å². The third-order valence-electron chi connectivity index (χ3n) is 3.87. The van der Waals surface area contributed by atoms with Gasteiger partial charge in [0.05, 0.1) is 17.3 Å².